The molecule has 3 rings (SSSR count). The minimum Gasteiger partial charge on any atom is -0.497 e. The van der Waals surface area contributed by atoms with Crippen LogP contribution in [0.5, 0.6) is 11.5 Å². The fourth-order valence-corrected chi connectivity index (χ4v) is 5.07. The fourth-order valence-electron chi connectivity index (χ4n) is 4.05. The van der Waals surface area contributed by atoms with Crippen LogP contribution in [0.15, 0.2) is 42.5 Å². The van der Waals surface area contributed by atoms with Crippen LogP contribution in [0.4, 0.5) is 5.69 Å². The van der Waals surface area contributed by atoms with Gasteiger partial charge >= 0.3 is 0 Å². The highest BCUT2D eigenvalue weighted by Crippen LogP contribution is 2.41. The van der Waals surface area contributed by atoms with Crippen LogP contribution in [-0.4, -0.2) is 39.8 Å². The van der Waals surface area contributed by atoms with Crippen LogP contribution in [-0.2, 0) is 14.8 Å². The summed E-state index contributed by atoms with van der Waals surface area (Å²) in [5.41, 5.74) is 1.98. The second kappa shape index (κ2) is 9.40. The third-order valence-electron chi connectivity index (χ3n) is 5.56. The number of rotatable bonds is 8. The first-order valence-corrected chi connectivity index (χ1v) is 12.5. The molecule has 2 aromatic rings. The molecule has 7 nitrogen and oxygen atoms in total. The van der Waals surface area contributed by atoms with E-state index in [2.05, 4.69) is 5.32 Å². The van der Waals surface area contributed by atoms with Crippen molar-refractivity contribution in [3.05, 3.63) is 53.6 Å². The molecule has 0 radical (unpaired) electrons. The van der Waals surface area contributed by atoms with Crippen molar-refractivity contribution < 1.29 is 22.7 Å². The van der Waals surface area contributed by atoms with E-state index in [9.17, 15) is 13.2 Å². The maximum atomic E-state index is 12.8. The van der Waals surface area contributed by atoms with Crippen molar-refractivity contribution in [3.63, 3.8) is 0 Å². The second-order valence-electron chi connectivity index (χ2n) is 8.81. The maximum absolute atomic E-state index is 12.8. The van der Waals surface area contributed by atoms with E-state index in [4.69, 9.17) is 9.47 Å². The standard InChI is InChI=1S/C24H32N2O5S/c1-17-9-6-7-10-21(17)26(32(5,28)29)14-8-11-23(27)25-20-16-24(2,3)31-22-13-12-18(30-4)15-19(20)22/h6-7,9-10,12-13,15,20H,8,11,14,16H2,1-5H3,(H,25,27). The smallest absolute Gasteiger partial charge is 0.232 e. The summed E-state index contributed by atoms with van der Waals surface area (Å²) in [6.07, 6.45) is 2.44. The molecule has 1 amide bonds. The number of methoxy groups -OCH3 is 1. The molecule has 174 valence electrons. The molecule has 2 aromatic carbocycles. The van der Waals surface area contributed by atoms with Gasteiger partial charge in [0.15, 0.2) is 0 Å². The Balaban J connectivity index is 1.67. The van der Waals surface area contributed by atoms with Gasteiger partial charge in [-0.2, -0.15) is 0 Å². The van der Waals surface area contributed by atoms with Gasteiger partial charge in [-0.05, 0) is 57.0 Å². The summed E-state index contributed by atoms with van der Waals surface area (Å²) in [5.74, 6) is 1.31. The number of anilines is 1. The molecule has 32 heavy (non-hydrogen) atoms. The number of hydrogen-bond acceptors (Lipinski definition) is 5. The summed E-state index contributed by atoms with van der Waals surface area (Å²) in [6.45, 7) is 6.09. The largest absolute Gasteiger partial charge is 0.497 e. The van der Waals surface area contributed by atoms with Crippen LogP contribution < -0.4 is 19.1 Å². The normalized spacial score (nSPS) is 17.1. The first-order valence-electron chi connectivity index (χ1n) is 10.7. The van der Waals surface area contributed by atoms with Gasteiger partial charge in [-0.25, -0.2) is 8.42 Å². The molecule has 0 aliphatic carbocycles. The second-order valence-corrected chi connectivity index (χ2v) is 10.7. The molecule has 0 aromatic heterocycles. The zero-order chi connectivity index (χ0) is 23.5. The molecule has 1 aliphatic heterocycles. The number of ether oxygens (including phenoxy) is 2. The number of benzene rings is 2. The summed E-state index contributed by atoms with van der Waals surface area (Å²) >= 11 is 0. The lowest BCUT2D eigenvalue weighted by Crippen LogP contribution is -2.41. The van der Waals surface area contributed by atoms with Crippen molar-refractivity contribution in [1.29, 1.82) is 0 Å². The SMILES string of the molecule is COc1ccc2c(c1)C(NC(=O)CCCN(c1ccccc1C)S(C)(=O)=O)CC(C)(C)O2. The van der Waals surface area contributed by atoms with Crippen LogP contribution >= 0.6 is 0 Å². The summed E-state index contributed by atoms with van der Waals surface area (Å²) < 4.78 is 37.4. The Labute approximate surface area is 190 Å². The molecule has 1 atom stereocenters. The number of carbonyl (C=O) groups is 1. The van der Waals surface area contributed by atoms with Crippen LogP contribution in [0.2, 0.25) is 0 Å². The van der Waals surface area contributed by atoms with E-state index >= 15 is 0 Å². The van der Waals surface area contributed by atoms with Gasteiger partial charge in [0.2, 0.25) is 15.9 Å². The molecule has 0 fully saturated rings. The number of sulfonamides is 1. The number of hydrogen-bond donors (Lipinski definition) is 1. The Hall–Kier alpha value is -2.74. The topological polar surface area (TPSA) is 84.9 Å². The monoisotopic (exact) mass is 460 g/mol. The van der Waals surface area contributed by atoms with Gasteiger partial charge in [-0.15, -0.1) is 0 Å². The zero-order valence-corrected chi connectivity index (χ0v) is 20.2. The Morgan fingerprint density at radius 2 is 1.97 bits per heavy atom. The van der Waals surface area contributed by atoms with Gasteiger partial charge in [-0.1, -0.05) is 18.2 Å². The Morgan fingerprint density at radius 3 is 2.62 bits per heavy atom. The summed E-state index contributed by atoms with van der Waals surface area (Å²) in [4.78, 5) is 12.8. The maximum Gasteiger partial charge on any atom is 0.232 e. The van der Waals surface area contributed by atoms with E-state index in [1.165, 1.54) is 10.6 Å². The number of nitrogens with zero attached hydrogens (tertiary/aromatic N) is 1. The van der Waals surface area contributed by atoms with E-state index < -0.39 is 15.6 Å². The third-order valence-corrected chi connectivity index (χ3v) is 6.74. The van der Waals surface area contributed by atoms with Gasteiger partial charge in [0, 0.05) is 24.9 Å². The van der Waals surface area contributed by atoms with Crippen molar-refractivity contribution in [1.82, 2.24) is 5.32 Å². The number of fused-ring (bicyclic) bond motifs is 1. The lowest BCUT2D eigenvalue weighted by atomic mass is 9.89. The minimum atomic E-state index is -3.46. The molecule has 0 saturated carbocycles. The van der Waals surface area contributed by atoms with Crippen molar-refractivity contribution in [2.24, 2.45) is 0 Å². The molecular weight excluding hydrogens is 428 g/mol. The van der Waals surface area contributed by atoms with E-state index in [0.29, 0.717) is 24.3 Å². The highest BCUT2D eigenvalue weighted by atomic mass is 32.2. The van der Waals surface area contributed by atoms with Crippen LogP contribution in [0.3, 0.4) is 0 Å². The number of nitrogens with one attached hydrogen (secondary N) is 1. The van der Waals surface area contributed by atoms with Crippen molar-refractivity contribution in [3.8, 4) is 11.5 Å². The molecule has 1 aliphatic rings. The van der Waals surface area contributed by atoms with Gasteiger partial charge in [-0.3, -0.25) is 9.10 Å². The van der Waals surface area contributed by atoms with Crippen molar-refractivity contribution in [2.75, 3.05) is 24.2 Å². The van der Waals surface area contributed by atoms with Crippen LogP contribution in [0.1, 0.15) is 50.3 Å². The van der Waals surface area contributed by atoms with Gasteiger partial charge < -0.3 is 14.8 Å². The highest BCUT2D eigenvalue weighted by Gasteiger charge is 2.34. The fraction of sp³-hybridized carbons (Fsp3) is 0.458. The highest BCUT2D eigenvalue weighted by molar-refractivity contribution is 7.92. The lowest BCUT2D eigenvalue weighted by Gasteiger charge is -2.38. The Bertz CT molecular complexity index is 1080. The molecule has 0 saturated heterocycles. The van der Waals surface area contributed by atoms with Gasteiger partial charge in [0.25, 0.3) is 0 Å². The molecule has 1 heterocycles. The first-order chi connectivity index (χ1) is 15.0. The number of aryl methyl sites for hydroxylation is 1. The van der Waals surface area contributed by atoms with E-state index in [-0.39, 0.29) is 24.9 Å². The average Bonchev–Trinajstić information content (AvgIpc) is 2.70. The summed E-state index contributed by atoms with van der Waals surface area (Å²) in [5, 5.41) is 3.10. The van der Waals surface area contributed by atoms with Crippen molar-refractivity contribution >= 4 is 21.6 Å². The molecular formula is C24H32N2O5S. The molecule has 0 bridgehead atoms. The third kappa shape index (κ3) is 5.73. The summed E-state index contributed by atoms with van der Waals surface area (Å²) in [6, 6.07) is 12.7. The van der Waals surface area contributed by atoms with Crippen molar-refractivity contribution in [2.45, 2.75) is 51.7 Å². The zero-order valence-electron chi connectivity index (χ0n) is 19.3. The molecule has 0 spiro atoms. The first kappa shape index (κ1) is 23.9. The lowest BCUT2D eigenvalue weighted by molar-refractivity contribution is -0.122. The molecule has 1 unspecified atom stereocenters. The number of amides is 1. The minimum absolute atomic E-state index is 0.125. The van der Waals surface area contributed by atoms with E-state index in [1.807, 2.05) is 57.2 Å². The molecule has 1 N–H and O–H groups in total. The van der Waals surface area contributed by atoms with E-state index in [0.717, 1.165) is 16.9 Å². The van der Waals surface area contributed by atoms with E-state index in [1.54, 1.807) is 13.2 Å². The molecule has 8 heteroatoms. The predicted octanol–water partition coefficient (Wildman–Crippen LogP) is 3.97. The average molecular weight is 461 g/mol. The van der Waals surface area contributed by atoms with Crippen LogP contribution in [0.25, 0.3) is 0 Å². The predicted molar refractivity (Wildman–Crippen MR) is 126 cm³/mol. The van der Waals surface area contributed by atoms with Gasteiger partial charge in [0.1, 0.15) is 17.1 Å². The Morgan fingerprint density at radius 1 is 1.25 bits per heavy atom. The Kier molecular flexibility index (Phi) is 7.03. The van der Waals surface area contributed by atoms with Gasteiger partial charge in [0.05, 0.1) is 25.1 Å². The van der Waals surface area contributed by atoms with Crippen LogP contribution in [0, 0.1) is 6.92 Å². The summed E-state index contributed by atoms with van der Waals surface area (Å²) in [7, 11) is -1.86. The number of carbonyl (C=O) groups excluding carboxylic acids is 1. The number of para-hydroxylation sites is 1. The quantitative estimate of drug-likeness (QED) is 0.644.